The number of rotatable bonds is 2. The number of thioether (sulfide) groups is 1. The van der Waals surface area contributed by atoms with E-state index in [1.165, 1.54) is 5.56 Å². The zero-order valence-electron chi connectivity index (χ0n) is 12.8. The third-order valence-electron chi connectivity index (χ3n) is 4.46. The molecule has 2 N–H and O–H groups in total. The molecular weight excluding hydrogens is 306 g/mol. The predicted molar refractivity (Wildman–Crippen MR) is 95.5 cm³/mol. The summed E-state index contributed by atoms with van der Waals surface area (Å²) in [4.78, 5) is 16.0. The third-order valence-corrected chi connectivity index (χ3v) is 5.59. The van der Waals surface area contributed by atoms with E-state index in [0.717, 1.165) is 51.1 Å². The number of phenols is 1. The van der Waals surface area contributed by atoms with E-state index < -0.39 is 0 Å². The fourth-order valence-electron chi connectivity index (χ4n) is 3.28. The van der Waals surface area contributed by atoms with Crippen molar-refractivity contribution in [3.05, 3.63) is 57.9 Å². The summed E-state index contributed by atoms with van der Waals surface area (Å²) in [7, 11) is 0. The number of aromatic nitrogens is 1. The summed E-state index contributed by atoms with van der Waals surface area (Å²) in [5.74, 6) is 1.18. The van der Waals surface area contributed by atoms with Gasteiger partial charge in [-0.15, -0.1) is 11.8 Å². The Balaban J connectivity index is 2.07. The van der Waals surface area contributed by atoms with Crippen molar-refractivity contribution in [2.24, 2.45) is 0 Å². The first-order valence-electron chi connectivity index (χ1n) is 7.82. The van der Waals surface area contributed by atoms with Gasteiger partial charge in [0.15, 0.2) is 0 Å². The van der Waals surface area contributed by atoms with Gasteiger partial charge in [-0.05, 0) is 41.7 Å². The van der Waals surface area contributed by atoms with Gasteiger partial charge in [-0.2, -0.15) is 0 Å². The molecule has 4 rings (SSSR count). The Labute approximate surface area is 138 Å². The number of hydrogen-bond donors (Lipinski definition) is 2. The van der Waals surface area contributed by atoms with Gasteiger partial charge in [-0.3, -0.25) is 4.79 Å². The highest BCUT2D eigenvalue weighted by Crippen LogP contribution is 2.41. The van der Waals surface area contributed by atoms with Crippen molar-refractivity contribution in [1.82, 2.24) is 4.98 Å². The summed E-state index contributed by atoms with van der Waals surface area (Å²) in [5, 5.41) is 11.5. The minimum absolute atomic E-state index is 0.0204. The molecule has 0 amide bonds. The van der Waals surface area contributed by atoms with Crippen molar-refractivity contribution in [2.45, 2.75) is 24.7 Å². The SMILES string of the molecule is CCc1ccc(-c2c(O)ccc3[nH]c(=O)c4c(c23)CCS4)cc1. The summed E-state index contributed by atoms with van der Waals surface area (Å²) in [5.41, 5.74) is 4.91. The Morgan fingerprint density at radius 3 is 2.70 bits per heavy atom. The number of phenolic OH excluding ortho intramolecular Hbond substituents is 1. The molecular formula is C19H17NO2S. The second-order valence-electron chi connectivity index (χ2n) is 5.79. The van der Waals surface area contributed by atoms with Gasteiger partial charge < -0.3 is 10.1 Å². The molecule has 0 unspecified atom stereocenters. The summed E-state index contributed by atoms with van der Waals surface area (Å²) >= 11 is 1.60. The van der Waals surface area contributed by atoms with Crippen LogP contribution in [-0.2, 0) is 12.8 Å². The number of H-pyrrole nitrogens is 1. The van der Waals surface area contributed by atoms with Crippen LogP contribution in [0.3, 0.4) is 0 Å². The largest absolute Gasteiger partial charge is 0.507 e. The Morgan fingerprint density at radius 2 is 1.96 bits per heavy atom. The van der Waals surface area contributed by atoms with E-state index in [1.807, 2.05) is 12.1 Å². The van der Waals surface area contributed by atoms with Crippen LogP contribution >= 0.6 is 11.8 Å². The molecule has 0 saturated heterocycles. The molecule has 0 aliphatic carbocycles. The van der Waals surface area contributed by atoms with Crippen molar-refractivity contribution in [3.63, 3.8) is 0 Å². The third kappa shape index (κ3) is 2.25. The van der Waals surface area contributed by atoms with Crippen LogP contribution in [-0.4, -0.2) is 15.8 Å². The quantitative estimate of drug-likeness (QED) is 0.746. The number of aryl methyl sites for hydroxylation is 2. The Morgan fingerprint density at radius 1 is 1.17 bits per heavy atom. The number of hydrogen-bond acceptors (Lipinski definition) is 3. The molecule has 23 heavy (non-hydrogen) atoms. The molecule has 1 aromatic heterocycles. The fourth-order valence-corrected chi connectivity index (χ4v) is 4.36. The van der Waals surface area contributed by atoms with Crippen LogP contribution in [0.2, 0.25) is 0 Å². The van der Waals surface area contributed by atoms with E-state index in [9.17, 15) is 9.90 Å². The molecule has 0 bridgehead atoms. The molecule has 1 aliphatic rings. The van der Waals surface area contributed by atoms with Crippen LogP contribution in [0.5, 0.6) is 5.75 Å². The van der Waals surface area contributed by atoms with E-state index in [1.54, 1.807) is 23.9 Å². The monoisotopic (exact) mass is 323 g/mol. The van der Waals surface area contributed by atoms with Crippen molar-refractivity contribution >= 4 is 22.7 Å². The van der Waals surface area contributed by atoms with E-state index >= 15 is 0 Å². The van der Waals surface area contributed by atoms with Gasteiger partial charge in [0.05, 0.1) is 4.90 Å². The molecule has 1 aliphatic heterocycles. The van der Waals surface area contributed by atoms with Gasteiger partial charge in [0, 0.05) is 22.2 Å². The number of fused-ring (bicyclic) bond motifs is 3. The smallest absolute Gasteiger partial charge is 0.262 e. The first-order valence-corrected chi connectivity index (χ1v) is 8.80. The van der Waals surface area contributed by atoms with Crippen molar-refractivity contribution in [2.75, 3.05) is 5.75 Å². The molecule has 3 aromatic rings. The zero-order chi connectivity index (χ0) is 16.0. The lowest BCUT2D eigenvalue weighted by molar-refractivity contribution is 0.478. The van der Waals surface area contributed by atoms with Gasteiger partial charge >= 0.3 is 0 Å². The molecule has 0 atom stereocenters. The van der Waals surface area contributed by atoms with E-state index in [2.05, 4.69) is 24.0 Å². The molecule has 3 nitrogen and oxygen atoms in total. The Hall–Kier alpha value is -2.20. The van der Waals surface area contributed by atoms with Crippen LogP contribution in [0.4, 0.5) is 0 Å². The average Bonchev–Trinajstić information content (AvgIpc) is 3.06. The summed E-state index contributed by atoms with van der Waals surface area (Å²) in [6.07, 6.45) is 1.85. The molecule has 0 radical (unpaired) electrons. The first-order chi connectivity index (χ1) is 11.2. The van der Waals surface area contributed by atoms with Crippen LogP contribution < -0.4 is 5.56 Å². The van der Waals surface area contributed by atoms with E-state index in [0.29, 0.717) is 0 Å². The Bertz CT molecular complexity index is 958. The van der Waals surface area contributed by atoms with Gasteiger partial charge in [0.2, 0.25) is 0 Å². The molecule has 0 fully saturated rings. The van der Waals surface area contributed by atoms with E-state index in [-0.39, 0.29) is 11.3 Å². The highest BCUT2D eigenvalue weighted by molar-refractivity contribution is 7.99. The number of aromatic hydroxyl groups is 1. The standard InChI is InChI=1S/C19H17NO2S/c1-2-11-3-5-12(6-4-11)16-15(21)8-7-14-17(16)13-9-10-23-18(13)19(22)20-14/h3-8,21H,2,9-10H2,1H3,(H,20,22). The maximum atomic E-state index is 12.2. The first kappa shape index (κ1) is 14.4. The normalized spacial score (nSPS) is 13.4. The molecule has 2 aromatic carbocycles. The van der Waals surface area contributed by atoms with Crippen molar-refractivity contribution in [3.8, 4) is 16.9 Å². The topological polar surface area (TPSA) is 53.1 Å². The number of nitrogens with one attached hydrogen (secondary N) is 1. The van der Waals surface area contributed by atoms with Gasteiger partial charge in [0.1, 0.15) is 5.75 Å². The van der Waals surface area contributed by atoms with Gasteiger partial charge in [-0.25, -0.2) is 0 Å². The highest BCUT2D eigenvalue weighted by atomic mass is 32.2. The van der Waals surface area contributed by atoms with Crippen molar-refractivity contribution < 1.29 is 5.11 Å². The minimum Gasteiger partial charge on any atom is -0.507 e. The number of aromatic amines is 1. The van der Waals surface area contributed by atoms with Gasteiger partial charge in [-0.1, -0.05) is 31.2 Å². The summed E-state index contributed by atoms with van der Waals surface area (Å²) in [6.45, 7) is 2.12. The van der Waals surface area contributed by atoms with E-state index in [4.69, 9.17) is 0 Å². The molecule has 2 heterocycles. The minimum atomic E-state index is -0.0204. The highest BCUT2D eigenvalue weighted by Gasteiger charge is 2.22. The van der Waals surface area contributed by atoms with Crippen LogP contribution in [0.15, 0.2) is 46.1 Å². The van der Waals surface area contributed by atoms with Gasteiger partial charge in [0.25, 0.3) is 5.56 Å². The fraction of sp³-hybridized carbons (Fsp3) is 0.211. The molecule has 116 valence electrons. The second-order valence-corrected chi connectivity index (χ2v) is 6.90. The number of benzene rings is 2. The number of pyridine rings is 1. The second kappa shape index (κ2) is 5.46. The lowest BCUT2D eigenvalue weighted by Crippen LogP contribution is -2.09. The molecule has 0 spiro atoms. The van der Waals surface area contributed by atoms with Crippen LogP contribution in [0.1, 0.15) is 18.1 Å². The maximum absolute atomic E-state index is 12.2. The average molecular weight is 323 g/mol. The lowest BCUT2D eigenvalue weighted by Gasteiger charge is -2.13. The van der Waals surface area contributed by atoms with Crippen LogP contribution in [0, 0.1) is 0 Å². The molecule has 4 heteroatoms. The van der Waals surface area contributed by atoms with Crippen LogP contribution in [0.25, 0.3) is 22.0 Å². The molecule has 0 saturated carbocycles. The Kier molecular flexibility index (Phi) is 3.42. The maximum Gasteiger partial charge on any atom is 0.262 e. The zero-order valence-corrected chi connectivity index (χ0v) is 13.7. The summed E-state index contributed by atoms with van der Waals surface area (Å²) < 4.78 is 0. The lowest BCUT2D eigenvalue weighted by atomic mass is 9.94. The van der Waals surface area contributed by atoms with Crippen molar-refractivity contribution in [1.29, 1.82) is 0 Å². The summed E-state index contributed by atoms with van der Waals surface area (Å²) in [6, 6.07) is 11.7. The predicted octanol–water partition coefficient (Wildman–Crippen LogP) is 4.11.